The number of anilines is 2. The lowest BCUT2D eigenvalue weighted by molar-refractivity contribution is -0.122. The Morgan fingerprint density at radius 3 is 2.05 bits per heavy atom. The van der Waals surface area contributed by atoms with E-state index >= 15 is 0 Å². The number of carbonyl (C=O) groups is 3. The van der Waals surface area contributed by atoms with Crippen LogP contribution < -0.4 is 31.2 Å². The monoisotopic (exact) mass is 525 g/mol. The summed E-state index contributed by atoms with van der Waals surface area (Å²) in [5, 5.41) is 2.95. The van der Waals surface area contributed by atoms with Gasteiger partial charge >= 0.3 is 0 Å². The van der Waals surface area contributed by atoms with E-state index in [1.807, 2.05) is 0 Å². The number of nitrogens with one attached hydrogen (secondary N) is 1. The molecule has 37 heavy (non-hydrogen) atoms. The molecule has 1 aromatic heterocycles. The molecule has 0 aliphatic heterocycles. The van der Waals surface area contributed by atoms with Gasteiger partial charge in [0.05, 0.1) is 19.9 Å². The van der Waals surface area contributed by atoms with Crippen molar-refractivity contribution in [2.45, 2.75) is 26.3 Å². The maximum atomic E-state index is 14.0. The third kappa shape index (κ3) is 6.36. The highest BCUT2D eigenvalue weighted by Gasteiger charge is 2.36. The van der Waals surface area contributed by atoms with E-state index in [1.165, 1.54) is 12.0 Å². The minimum atomic E-state index is -1.07. The number of nitrogen functional groups attached to an aromatic ring is 1. The van der Waals surface area contributed by atoms with Gasteiger partial charge in [-0.05, 0) is 65.8 Å². The summed E-state index contributed by atoms with van der Waals surface area (Å²) in [5.74, 6) is -0.277. The molecule has 10 nitrogen and oxygen atoms in total. The molecular weight excluding hydrogens is 494 g/mol. The van der Waals surface area contributed by atoms with Gasteiger partial charge in [0.1, 0.15) is 22.4 Å². The number of ether oxygens (including phenoxy) is 2. The number of carbonyl (C=O) groups excluding carboxylic acids is 3. The fraction of sp³-hybridized carbons (Fsp3) is 0.308. The first-order chi connectivity index (χ1) is 17.7. The van der Waals surface area contributed by atoms with Crippen LogP contribution in [0.5, 0.6) is 11.5 Å². The number of hydrogen-bond acceptors (Lipinski definition) is 8. The van der Waals surface area contributed by atoms with Gasteiger partial charge in [0.15, 0.2) is 5.69 Å². The number of aromatic nitrogens is 1. The van der Waals surface area contributed by atoms with Crippen LogP contribution in [0.1, 0.15) is 52.0 Å². The SMILES string of the molecule is COc1ccc([C@H](C(=O)NCCC(C)C)N(C(=O)c2snc(C(N)=O)c2N)c2ccc(OC)cc2)cc1. The predicted octanol–water partition coefficient (Wildman–Crippen LogP) is 3.39. The predicted molar refractivity (Wildman–Crippen MR) is 143 cm³/mol. The molecule has 3 aromatic rings. The van der Waals surface area contributed by atoms with E-state index in [0.29, 0.717) is 35.2 Å². The van der Waals surface area contributed by atoms with Crippen LogP contribution in [0.4, 0.5) is 11.4 Å². The molecule has 0 saturated heterocycles. The summed E-state index contributed by atoms with van der Waals surface area (Å²) in [4.78, 5) is 40.8. The maximum Gasteiger partial charge on any atom is 0.273 e. The summed E-state index contributed by atoms with van der Waals surface area (Å²) in [6.07, 6.45) is 0.765. The zero-order chi connectivity index (χ0) is 27.1. The zero-order valence-electron chi connectivity index (χ0n) is 21.2. The molecule has 3 amide bonds. The molecule has 196 valence electrons. The Morgan fingerprint density at radius 1 is 1.00 bits per heavy atom. The van der Waals surface area contributed by atoms with Crippen LogP contribution in [0, 0.1) is 5.92 Å². The van der Waals surface area contributed by atoms with Gasteiger partial charge in [-0.25, -0.2) is 0 Å². The summed E-state index contributed by atoms with van der Waals surface area (Å²) < 4.78 is 14.5. The number of hydrogen-bond donors (Lipinski definition) is 3. The van der Waals surface area contributed by atoms with E-state index in [9.17, 15) is 14.4 Å². The molecule has 11 heteroatoms. The van der Waals surface area contributed by atoms with Crippen LogP contribution in [-0.2, 0) is 4.79 Å². The second-order valence-corrected chi connectivity index (χ2v) is 9.43. The standard InChI is InChI=1S/C26H31N5O5S/c1-15(2)13-14-29-25(33)22(16-5-9-18(35-3)10-6-16)31(17-7-11-19(36-4)12-8-17)26(34)23-20(27)21(24(28)32)30-37-23/h5-12,15,22H,13-14,27H2,1-4H3,(H2,28,32)(H,29,33)/t22-/m1/s1. The Hall–Kier alpha value is -4.12. The van der Waals surface area contributed by atoms with Crippen molar-refractivity contribution in [1.82, 2.24) is 9.69 Å². The highest BCUT2D eigenvalue weighted by Crippen LogP contribution is 2.34. The Bertz CT molecular complexity index is 1240. The average Bonchev–Trinajstić information content (AvgIpc) is 3.28. The smallest absolute Gasteiger partial charge is 0.273 e. The number of amides is 3. The summed E-state index contributed by atoms with van der Waals surface area (Å²) in [5.41, 5.74) is 12.1. The number of nitrogens with zero attached hydrogens (tertiary/aromatic N) is 2. The molecule has 0 radical (unpaired) electrons. The summed E-state index contributed by atoms with van der Waals surface area (Å²) in [6.45, 7) is 4.55. The van der Waals surface area contributed by atoms with Gasteiger partial charge in [-0.15, -0.1) is 0 Å². The van der Waals surface area contributed by atoms with Crippen molar-refractivity contribution in [2.75, 3.05) is 31.4 Å². The van der Waals surface area contributed by atoms with Gasteiger partial charge in [0.2, 0.25) is 5.91 Å². The van der Waals surface area contributed by atoms with E-state index < -0.39 is 17.9 Å². The lowest BCUT2D eigenvalue weighted by Gasteiger charge is -2.31. The normalized spacial score (nSPS) is 11.6. The highest BCUT2D eigenvalue weighted by atomic mass is 32.1. The molecule has 0 aliphatic rings. The second-order valence-electron chi connectivity index (χ2n) is 8.66. The number of rotatable bonds is 11. The second kappa shape index (κ2) is 12.2. The quantitative estimate of drug-likeness (QED) is 0.347. The third-order valence-corrected chi connectivity index (χ3v) is 6.53. The highest BCUT2D eigenvalue weighted by molar-refractivity contribution is 7.09. The average molecular weight is 526 g/mol. The molecule has 3 rings (SSSR count). The topological polar surface area (TPSA) is 150 Å². The molecule has 0 spiro atoms. The van der Waals surface area contributed by atoms with Crippen LogP contribution in [0.15, 0.2) is 48.5 Å². The molecule has 1 atom stereocenters. The summed E-state index contributed by atoms with van der Waals surface area (Å²) >= 11 is 0.752. The summed E-state index contributed by atoms with van der Waals surface area (Å²) in [6, 6.07) is 12.5. The Labute approximate surface area is 219 Å². The van der Waals surface area contributed by atoms with Crippen molar-refractivity contribution in [1.29, 1.82) is 0 Å². The fourth-order valence-corrected chi connectivity index (χ4v) is 4.39. The summed E-state index contributed by atoms with van der Waals surface area (Å²) in [7, 11) is 3.07. The maximum absolute atomic E-state index is 14.0. The first-order valence-corrected chi connectivity index (χ1v) is 12.4. The molecular formula is C26H31N5O5S. The molecule has 0 bridgehead atoms. The largest absolute Gasteiger partial charge is 0.497 e. The van der Waals surface area contributed by atoms with Crippen molar-refractivity contribution < 1.29 is 23.9 Å². The molecule has 0 unspecified atom stereocenters. The van der Waals surface area contributed by atoms with Gasteiger partial charge in [-0.2, -0.15) is 4.37 Å². The van der Waals surface area contributed by atoms with Crippen LogP contribution in [0.25, 0.3) is 0 Å². The molecule has 2 aromatic carbocycles. The molecule has 0 fully saturated rings. The van der Waals surface area contributed by atoms with Crippen LogP contribution in [0.2, 0.25) is 0 Å². The first-order valence-electron chi connectivity index (χ1n) is 11.6. The van der Waals surface area contributed by atoms with Crippen molar-refractivity contribution in [3.63, 3.8) is 0 Å². The van der Waals surface area contributed by atoms with E-state index in [2.05, 4.69) is 23.5 Å². The van der Waals surface area contributed by atoms with Gasteiger partial charge in [0, 0.05) is 12.2 Å². The van der Waals surface area contributed by atoms with Crippen LogP contribution >= 0.6 is 11.5 Å². The minimum absolute atomic E-state index is 0.00175. The number of methoxy groups -OCH3 is 2. The Kier molecular flexibility index (Phi) is 9.07. The number of primary amides is 1. The fourth-order valence-electron chi connectivity index (χ4n) is 3.65. The minimum Gasteiger partial charge on any atom is -0.497 e. The zero-order valence-corrected chi connectivity index (χ0v) is 22.0. The third-order valence-electron chi connectivity index (χ3n) is 5.68. The molecule has 0 saturated carbocycles. The number of nitrogens with two attached hydrogens (primary N) is 2. The van der Waals surface area contributed by atoms with Gasteiger partial charge in [0.25, 0.3) is 11.8 Å². The lowest BCUT2D eigenvalue weighted by atomic mass is 10.0. The van der Waals surface area contributed by atoms with Crippen LogP contribution in [0.3, 0.4) is 0 Å². The van der Waals surface area contributed by atoms with Crippen molar-refractivity contribution in [3.8, 4) is 11.5 Å². The first kappa shape index (κ1) is 27.5. The molecule has 5 N–H and O–H groups in total. The van der Waals surface area contributed by atoms with Crippen LogP contribution in [-0.4, -0.2) is 42.9 Å². The van der Waals surface area contributed by atoms with Crippen molar-refractivity contribution in [3.05, 3.63) is 64.7 Å². The van der Waals surface area contributed by atoms with E-state index in [0.717, 1.165) is 18.0 Å². The van der Waals surface area contributed by atoms with Gasteiger partial charge in [-0.3, -0.25) is 19.3 Å². The lowest BCUT2D eigenvalue weighted by Crippen LogP contribution is -2.44. The Balaban J connectivity index is 2.16. The van der Waals surface area contributed by atoms with E-state index in [-0.39, 0.29) is 22.2 Å². The molecule has 1 heterocycles. The van der Waals surface area contributed by atoms with E-state index in [4.69, 9.17) is 20.9 Å². The van der Waals surface area contributed by atoms with E-state index in [1.54, 1.807) is 55.6 Å². The number of benzene rings is 2. The Morgan fingerprint density at radius 2 is 1.57 bits per heavy atom. The van der Waals surface area contributed by atoms with Gasteiger partial charge < -0.3 is 26.3 Å². The molecule has 0 aliphatic carbocycles. The van der Waals surface area contributed by atoms with Gasteiger partial charge in [-0.1, -0.05) is 26.0 Å². The van der Waals surface area contributed by atoms with Crippen molar-refractivity contribution in [2.24, 2.45) is 11.7 Å². The van der Waals surface area contributed by atoms with Crippen molar-refractivity contribution >= 4 is 40.6 Å².